The first-order valence-electron chi connectivity index (χ1n) is 11.0. The normalized spacial score (nSPS) is 13.9. The zero-order chi connectivity index (χ0) is 21.3. The molecule has 1 aromatic carbocycles. The van der Waals surface area contributed by atoms with Crippen molar-refractivity contribution in [2.75, 3.05) is 5.32 Å². The summed E-state index contributed by atoms with van der Waals surface area (Å²) in [5, 5.41) is 13.0. The van der Waals surface area contributed by atoms with E-state index in [4.69, 9.17) is 0 Å². The molecule has 30 heavy (non-hydrogen) atoms. The van der Waals surface area contributed by atoms with Crippen molar-refractivity contribution in [3.05, 3.63) is 76.6 Å². The summed E-state index contributed by atoms with van der Waals surface area (Å²) in [6, 6.07) is 8.14. The molecule has 4 nitrogen and oxygen atoms in total. The lowest BCUT2D eigenvalue weighted by Crippen LogP contribution is -2.10. The van der Waals surface area contributed by atoms with Gasteiger partial charge in [-0.3, -0.25) is 4.98 Å². The summed E-state index contributed by atoms with van der Waals surface area (Å²) in [7, 11) is 0. The highest BCUT2D eigenvalue weighted by molar-refractivity contribution is 5.89. The zero-order valence-corrected chi connectivity index (χ0v) is 18.0. The summed E-state index contributed by atoms with van der Waals surface area (Å²) in [5.74, 6) is -0.424. The van der Waals surface area contributed by atoms with E-state index in [-0.39, 0.29) is 0 Å². The Bertz CT molecular complexity index is 927. The lowest BCUT2D eigenvalue weighted by molar-refractivity contribution is 0.0695. The highest BCUT2D eigenvalue weighted by Gasteiger charge is 2.25. The first-order valence-corrected chi connectivity index (χ1v) is 11.0. The molecule has 0 spiro atoms. The van der Waals surface area contributed by atoms with E-state index in [0.717, 1.165) is 49.8 Å². The Morgan fingerprint density at radius 1 is 1.20 bits per heavy atom. The molecule has 0 aliphatic heterocycles. The number of rotatable bonds is 11. The standard InChI is InChI=1S/C26H32N2O2/c1-3-5-7-8-10-19-13-14-23(15-21(19)9-6-4-2)27-18-25-24(26(29)30)16-22(17-28-25)20-11-12-20/h6-9,13-17,20,27H,3-5,10-12,18H2,1-2H3,(H,29,30)/b8-7-,9-6-. The van der Waals surface area contributed by atoms with Gasteiger partial charge in [0, 0.05) is 11.9 Å². The summed E-state index contributed by atoms with van der Waals surface area (Å²) < 4.78 is 0. The molecule has 0 unspecified atom stereocenters. The summed E-state index contributed by atoms with van der Waals surface area (Å²) in [4.78, 5) is 16.2. The molecule has 1 aliphatic rings. The van der Waals surface area contributed by atoms with Crippen LogP contribution < -0.4 is 5.32 Å². The van der Waals surface area contributed by atoms with Crippen molar-refractivity contribution < 1.29 is 9.90 Å². The molecule has 3 rings (SSSR count). The molecule has 0 bridgehead atoms. The monoisotopic (exact) mass is 404 g/mol. The highest BCUT2D eigenvalue weighted by Crippen LogP contribution is 2.40. The maximum atomic E-state index is 11.7. The van der Waals surface area contributed by atoms with Crippen LogP contribution in [0.3, 0.4) is 0 Å². The fourth-order valence-electron chi connectivity index (χ4n) is 3.45. The van der Waals surface area contributed by atoms with Crippen molar-refractivity contribution in [3.63, 3.8) is 0 Å². The second-order valence-corrected chi connectivity index (χ2v) is 7.88. The molecule has 0 radical (unpaired) electrons. The number of allylic oxidation sites excluding steroid dienone is 3. The van der Waals surface area contributed by atoms with E-state index in [2.05, 4.69) is 66.7 Å². The topological polar surface area (TPSA) is 62.2 Å². The number of hydrogen-bond donors (Lipinski definition) is 2. The Morgan fingerprint density at radius 2 is 2.03 bits per heavy atom. The van der Waals surface area contributed by atoms with Crippen molar-refractivity contribution in [1.29, 1.82) is 0 Å². The molecule has 2 aromatic rings. The van der Waals surface area contributed by atoms with Crippen molar-refractivity contribution in [3.8, 4) is 0 Å². The number of pyridine rings is 1. The van der Waals surface area contributed by atoms with Crippen molar-refractivity contribution >= 4 is 17.7 Å². The van der Waals surface area contributed by atoms with Crippen LogP contribution in [0.15, 0.2) is 48.7 Å². The SMILES string of the molecule is CC/C=C\c1cc(NCc2ncc(C3CC3)cc2C(=O)O)ccc1C/C=C\CCC. The van der Waals surface area contributed by atoms with Crippen LogP contribution in [0.5, 0.6) is 0 Å². The first kappa shape index (κ1) is 21.8. The highest BCUT2D eigenvalue weighted by atomic mass is 16.4. The molecule has 4 heteroatoms. The molecular formula is C26H32N2O2. The number of nitrogens with zero attached hydrogens (tertiary/aromatic N) is 1. The van der Waals surface area contributed by atoms with Crippen LogP contribution in [0.25, 0.3) is 6.08 Å². The summed E-state index contributed by atoms with van der Waals surface area (Å²) in [6.07, 6.45) is 17.1. The maximum Gasteiger partial charge on any atom is 0.337 e. The number of hydrogen-bond acceptors (Lipinski definition) is 3. The fourth-order valence-corrected chi connectivity index (χ4v) is 3.45. The molecule has 1 fully saturated rings. The molecule has 158 valence electrons. The quantitative estimate of drug-likeness (QED) is 0.415. The van der Waals surface area contributed by atoms with Gasteiger partial charge < -0.3 is 10.4 Å². The van der Waals surface area contributed by atoms with Crippen LogP contribution in [-0.4, -0.2) is 16.1 Å². The molecule has 1 aliphatic carbocycles. The molecular weight excluding hydrogens is 372 g/mol. The molecule has 0 atom stereocenters. The molecule has 1 heterocycles. The van der Waals surface area contributed by atoms with E-state index in [1.807, 2.05) is 6.20 Å². The average molecular weight is 405 g/mol. The van der Waals surface area contributed by atoms with Crippen molar-refractivity contribution in [1.82, 2.24) is 4.98 Å². The van der Waals surface area contributed by atoms with Crippen LogP contribution in [0, 0.1) is 0 Å². The minimum atomic E-state index is -0.914. The second kappa shape index (κ2) is 10.8. The summed E-state index contributed by atoms with van der Waals surface area (Å²) in [6.45, 7) is 4.70. The third-order valence-electron chi connectivity index (χ3n) is 5.37. The first-order chi connectivity index (χ1) is 14.6. The van der Waals surface area contributed by atoms with E-state index in [0.29, 0.717) is 23.7 Å². The Labute approximate surface area is 179 Å². The second-order valence-electron chi connectivity index (χ2n) is 7.88. The number of carboxylic acid groups (broad SMARTS) is 1. The van der Waals surface area contributed by atoms with E-state index in [1.54, 1.807) is 6.07 Å². The Kier molecular flexibility index (Phi) is 7.83. The lowest BCUT2D eigenvalue weighted by Gasteiger charge is -2.12. The van der Waals surface area contributed by atoms with E-state index in [1.165, 1.54) is 11.1 Å². The van der Waals surface area contributed by atoms with E-state index >= 15 is 0 Å². The van der Waals surface area contributed by atoms with Crippen LogP contribution in [-0.2, 0) is 13.0 Å². The Morgan fingerprint density at radius 3 is 2.73 bits per heavy atom. The lowest BCUT2D eigenvalue weighted by atomic mass is 10.0. The molecule has 1 saturated carbocycles. The molecule has 0 amide bonds. The van der Waals surface area contributed by atoms with Gasteiger partial charge in [0.05, 0.1) is 17.8 Å². The summed E-state index contributed by atoms with van der Waals surface area (Å²) in [5.41, 5.74) is 5.37. The van der Waals surface area contributed by atoms with E-state index in [9.17, 15) is 9.90 Å². The predicted molar refractivity (Wildman–Crippen MR) is 124 cm³/mol. The predicted octanol–water partition coefficient (Wildman–Crippen LogP) is 6.59. The average Bonchev–Trinajstić information content (AvgIpc) is 3.60. The van der Waals surface area contributed by atoms with Gasteiger partial charge in [-0.1, -0.05) is 50.6 Å². The number of aromatic nitrogens is 1. The number of unbranched alkanes of at least 4 members (excludes halogenated alkanes) is 1. The van der Waals surface area contributed by atoms with Crippen LogP contribution in [0.4, 0.5) is 5.69 Å². The van der Waals surface area contributed by atoms with Crippen molar-refractivity contribution in [2.24, 2.45) is 0 Å². The van der Waals surface area contributed by atoms with Gasteiger partial charge in [-0.25, -0.2) is 4.79 Å². The van der Waals surface area contributed by atoms with Crippen LogP contribution in [0.2, 0.25) is 0 Å². The van der Waals surface area contributed by atoms with Gasteiger partial charge in [0.25, 0.3) is 0 Å². The Hall–Kier alpha value is -2.88. The number of carbonyl (C=O) groups is 1. The van der Waals surface area contributed by atoms with Gasteiger partial charge in [-0.05, 0) is 72.9 Å². The van der Waals surface area contributed by atoms with Gasteiger partial charge in [0.2, 0.25) is 0 Å². The third-order valence-corrected chi connectivity index (χ3v) is 5.37. The molecule has 2 N–H and O–H groups in total. The molecule has 0 saturated heterocycles. The Balaban J connectivity index is 1.74. The number of aromatic carboxylic acids is 1. The molecule has 1 aromatic heterocycles. The van der Waals surface area contributed by atoms with Crippen LogP contribution in [0.1, 0.15) is 84.6 Å². The van der Waals surface area contributed by atoms with Gasteiger partial charge in [0.1, 0.15) is 0 Å². The van der Waals surface area contributed by atoms with Gasteiger partial charge >= 0.3 is 5.97 Å². The van der Waals surface area contributed by atoms with Crippen molar-refractivity contribution in [2.45, 2.75) is 64.8 Å². The number of benzene rings is 1. The maximum absolute atomic E-state index is 11.7. The van der Waals surface area contributed by atoms with Gasteiger partial charge in [-0.2, -0.15) is 0 Å². The van der Waals surface area contributed by atoms with Crippen LogP contribution >= 0.6 is 0 Å². The number of carboxylic acids is 1. The fraction of sp³-hybridized carbons (Fsp3) is 0.385. The zero-order valence-electron chi connectivity index (χ0n) is 18.0. The third kappa shape index (κ3) is 6.06. The van der Waals surface area contributed by atoms with Gasteiger partial charge in [-0.15, -0.1) is 0 Å². The van der Waals surface area contributed by atoms with E-state index < -0.39 is 5.97 Å². The number of nitrogens with one attached hydrogen (secondary N) is 1. The number of anilines is 1. The largest absolute Gasteiger partial charge is 0.478 e. The minimum Gasteiger partial charge on any atom is -0.478 e. The van der Waals surface area contributed by atoms with Gasteiger partial charge in [0.15, 0.2) is 0 Å². The minimum absolute atomic E-state index is 0.302. The summed E-state index contributed by atoms with van der Waals surface area (Å²) >= 11 is 0. The smallest absolute Gasteiger partial charge is 0.337 e.